The largest absolute Gasteiger partial charge is 0.384 e. The van der Waals surface area contributed by atoms with Crippen LogP contribution in [0, 0.1) is 12.8 Å². The molecule has 1 aliphatic rings. The molecule has 2 aromatic heterocycles. The minimum atomic E-state index is 0.495. The third kappa shape index (κ3) is 1.76. The molecule has 96 valence electrons. The van der Waals surface area contributed by atoms with E-state index in [1.165, 1.54) is 25.7 Å². The third-order valence-corrected chi connectivity index (χ3v) is 4.27. The van der Waals surface area contributed by atoms with Crippen molar-refractivity contribution in [1.82, 2.24) is 14.6 Å². The summed E-state index contributed by atoms with van der Waals surface area (Å²) in [6.45, 7) is 4.30. The van der Waals surface area contributed by atoms with E-state index in [4.69, 9.17) is 10.7 Å². The van der Waals surface area contributed by atoms with E-state index in [1.54, 1.807) is 4.52 Å². The van der Waals surface area contributed by atoms with Gasteiger partial charge in [0.1, 0.15) is 5.82 Å². The number of anilines is 1. The number of fused-ring (bicyclic) bond motifs is 1. The van der Waals surface area contributed by atoms with Crippen LogP contribution in [0.3, 0.4) is 0 Å². The number of nitrogens with two attached hydrogens (primary N) is 1. The van der Waals surface area contributed by atoms with Crippen LogP contribution in [0.25, 0.3) is 5.65 Å². The molecule has 0 amide bonds. The van der Waals surface area contributed by atoms with Gasteiger partial charge in [0.05, 0.1) is 6.20 Å². The average molecular weight is 244 g/mol. The molecule has 2 N–H and O–H groups in total. The molecule has 1 saturated carbocycles. The highest BCUT2D eigenvalue weighted by molar-refractivity contribution is 5.52. The van der Waals surface area contributed by atoms with Crippen molar-refractivity contribution in [2.24, 2.45) is 5.92 Å². The third-order valence-electron chi connectivity index (χ3n) is 4.27. The molecule has 0 saturated heterocycles. The Kier molecular flexibility index (Phi) is 2.73. The van der Waals surface area contributed by atoms with E-state index in [0.29, 0.717) is 11.7 Å². The van der Waals surface area contributed by atoms with E-state index in [9.17, 15) is 0 Å². The van der Waals surface area contributed by atoms with Gasteiger partial charge in [0.25, 0.3) is 0 Å². The first kappa shape index (κ1) is 11.5. The Labute approximate surface area is 107 Å². The summed E-state index contributed by atoms with van der Waals surface area (Å²) in [7, 11) is 0. The van der Waals surface area contributed by atoms with E-state index in [1.807, 2.05) is 19.2 Å². The molecule has 1 aliphatic carbocycles. The molecule has 1 unspecified atom stereocenters. The molecule has 0 aliphatic heterocycles. The molecule has 4 heteroatoms. The number of aryl methyl sites for hydroxylation is 1. The van der Waals surface area contributed by atoms with Crippen molar-refractivity contribution in [1.29, 1.82) is 0 Å². The lowest BCUT2D eigenvalue weighted by atomic mass is 9.89. The summed E-state index contributed by atoms with van der Waals surface area (Å²) < 4.78 is 1.72. The quantitative estimate of drug-likeness (QED) is 0.883. The molecule has 0 spiro atoms. The van der Waals surface area contributed by atoms with Gasteiger partial charge in [-0.15, -0.1) is 0 Å². The lowest BCUT2D eigenvalue weighted by Crippen LogP contribution is -2.11. The molecule has 1 atom stereocenters. The first-order chi connectivity index (χ1) is 8.66. The number of nitrogens with zero attached hydrogens (tertiary/aromatic N) is 3. The zero-order chi connectivity index (χ0) is 12.7. The minimum absolute atomic E-state index is 0.495. The summed E-state index contributed by atoms with van der Waals surface area (Å²) in [5.41, 5.74) is 9.17. The lowest BCUT2D eigenvalue weighted by Gasteiger charge is -2.18. The lowest BCUT2D eigenvalue weighted by molar-refractivity contribution is 0.453. The Balaban J connectivity index is 2.03. The van der Waals surface area contributed by atoms with Gasteiger partial charge in [-0.1, -0.05) is 19.8 Å². The maximum Gasteiger partial charge on any atom is 0.160 e. The SMILES string of the molecule is Cc1cnn2c(N)cc(C(C)C3CCCC3)nc12. The van der Waals surface area contributed by atoms with E-state index in [0.717, 1.165) is 22.8 Å². The monoisotopic (exact) mass is 244 g/mol. The van der Waals surface area contributed by atoms with Gasteiger partial charge >= 0.3 is 0 Å². The highest BCUT2D eigenvalue weighted by atomic mass is 15.3. The highest BCUT2D eigenvalue weighted by Gasteiger charge is 2.24. The van der Waals surface area contributed by atoms with Crippen molar-refractivity contribution in [3.8, 4) is 0 Å². The maximum absolute atomic E-state index is 6.07. The van der Waals surface area contributed by atoms with Crippen molar-refractivity contribution < 1.29 is 0 Å². The van der Waals surface area contributed by atoms with E-state index >= 15 is 0 Å². The number of hydrogen-bond donors (Lipinski definition) is 1. The molecule has 2 aromatic rings. The minimum Gasteiger partial charge on any atom is -0.384 e. The fraction of sp³-hybridized carbons (Fsp3) is 0.571. The van der Waals surface area contributed by atoms with Crippen LogP contribution < -0.4 is 5.73 Å². The van der Waals surface area contributed by atoms with Crippen LogP contribution in [0.1, 0.15) is 49.8 Å². The Morgan fingerprint density at radius 1 is 1.39 bits per heavy atom. The predicted molar refractivity (Wildman–Crippen MR) is 72.5 cm³/mol. The number of rotatable bonds is 2. The Morgan fingerprint density at radius 2 is 2.11 bits per heavy atom. The van der Waals surface area contributed by atoms with Crippen LogP contribution in [0.4, 0.5) is 5.82 Å². The van der Waals surface area contributed by atoms with Crippen molar-refractivity contribution in [2.75, 3.05) is 5.73 Å². The number of aromatic nitrogens is 3. The van der Waals surface area contributed by atoms with Crippen LogP contribution >= 0.6 is 0 Å². The molecule has 1 fully saturated rings. The Bertz CT molecular complexity index is 566. The van der Waals surface area contributed by atoms with Crippen molar-refractivity contribution >= 4 is 11.5 Å². The van der Waals surface area contributed by atoms with Gasteiger partial charge < -0.3 is 5.73 Å². The van der Waals surface area contributed by atoms with Gasteiger partial charge in [-0.3, -0.25) is 0 Å². The summed E-state index contributed by atoms with van der Waals surface area (Å²) in [4.78, 5) is 4.76. The Morgan fingerprint density at radius 3 is 2.83 bits per heavy atom. The highest BCUT2D eigenvalue weighted by Crippen LogP contribution is 2.36. The van der Waals surface area contributed by atoms with E-state index < -0.39 is 0 Å². The zero-order valence-corrected chi connectivity index (χ0v) is 11.1. The first-order valence-electron chi connectivity index (χ1n) is 6.77. The molecule has 0 radical (unpaired) electrons. The molecular formula is C14H20N4. The second-order valence-corrected chi connectivity index (χ2v) is 5.50. The van der Waals surface area contributed by atoms with Gasteiger partial charge in [0.2, 0.25) is 0 Å². The van der Waals surface area contributed by atoms with Gasteiger partial charge in [-0.2, -0.15) is 9.61 Å². The molecule has 18 heavy (non-hydrogen) atoms. The molecule has 4 nitrogen and oxygen atoms in total. The summed E-state index contributed by atoms with van der Waals surface area (Å²) in [5.74, 6) is 1.95. The predicted octanol–water partition coefficient (Wildman–Crippen LogP) is 2.91. The summed E-state index contributed by atoms with van der Waals surface area (Å²) in [5, 5.41) is 4.24. The van der Waals surface area contributed by atoms with Crippen LogP contribution in [0.15, 0.2) is 12.3 Å². The molecule has 2 heterocycles. The average Bonchev–Trinajstić information content (AvgIpc) is 2.99. The smallest absolute Gasteiger partial charge is 0.160 e. The first-order valence-corrected chi connectivity index (χ1v) is 6.77. The second-order valence-electron chi connectivity index (χ2n) is 5.50. The van der Waals surface area contributed by atoms with Crippen molar-refractivity contribution in [3.63, 3.8) is 0 Å². The fourth-order valence-electron chi connectivity index (χ4n) is 3.05. The topological polar surface area (TPSA) is 56.2 Å². The fourth-order valence-corrected chi connectivity index (χ4v) is 3.05. The molecule has 3 rings (SSSR count). The van der Waals surface area contributed by atoms with Gasteiger partial charge in [0, 0.05) is 23.2 Å². The van der Waals surface area contributed by atoms with Crippen LogP contribution in [-0.4, -0.2) is 14.6 Å². The standard InChI is InChI=1S/C14H20N4/c1-9-8-16-18-13(15)7-12(17-14(9)18)10(2)11-5-3-4-6-11/h7-8,10-11H,3-6,15H2,1-2H3. The number of nitrogen functional groups attached to an aromatic ring is 1. The van der Waals surface area contributed by atoms with Crippen LogP contribution in [-0.2, 0) is 0 Å². The summed E-state index contributed by atoms with van der Waals surface area (Å²) in [6, 6.07) is 1.99. The number of hydrogen-bond acceptors (Lipinski definition) is 3. The summed E-state index contributed by atoms with van der Waals surface area (Å²) >= 11 is 0. The van der Waals surface area contributed by atoms with E-state index in [-0.39, 0.29) is 0 Å². The van der Waals surface area contributed by atoms with Gasteiger partial charge in [-0.05, 0) is 25.7 Å². The second kappa shape index (κ2) is 4.26. The Hall–Kier alpha value is -1.58. The van der Waals surface area contributed by atoms with E-state index in [2.05, 4.69) is 12.0 Å². The molecule has 0 bridgehead atoms. The van der Waals surface area contributed by atoms with Crippen molar-refractivity contribution in [3.05, 3.63) is 23.5 Å². The van der Waals surface area contributed by atoms with Crippen LogP contribution in [0.2, 0.25) is 0 Å². The normalized spacial score (nSPS) is 18.6. The van der Waals surface area contributed by atoms with Crippen LogP contribution in [0.5, 0.6) is 0 Å². The van der Waals surface area contributed by atoms with Crippen molar-refractivity contribution in [2.45, 2.75) is 45.4 Å². The zero-order valence-electron chi connectivity index (χ0n) is 11.1. The van der Waals surface area contributed by atoms with Gasteiger partial charge in [-0.25, -0.2) is 4.98 Å². The molecular weight excluding hydrogens is 224 g/mol. The van der Waals surface area contributed by atoms with Gasteiger partial charge in [0.15, 0.2) is 5.65 Å². The maximum atomic E-state index is 6.07. The molecule has 0 aromatic carbocycles. The summed E-state index contributed by atoms with van der Waals surface area (Å²) in [6.07, 6.45) is 7.19.